The Morgan fingerprint density at radius 1 is 1.23 bits per heavy atom. The van der Waals surface area contributed by atoms with Crippen LogP contribution in [0.2, 0.25) is 0 Å². The Balaban J connectivity index is 2.74. The number of aromatic nitrogens is 2. The molecule has 0 bridgehead atoms. The molecule has 0 unspecified atom stereocenters. The van der Waals surface area contributed by atoms with Crippen LogP contribution in [0.1, 0.15) is 5.56 Å². The number of nitrogens with zero attached hydrogens (tertiary/aromatic N) is 2. The van der Waals surface area contributed by atoms with Crippen LogP contribution in [-0.2, 0) is 0 Å². The van der Waals surface area contributed by atoms with E-state index in [4.69, 9.17) is 4.74 Å². The Morgan fingerprint density at radius 2 is 2.08 bits per heavy atom. The first kappa shape index (κ1) is 7.98. The van der Waals surface area contributed by atoms with Crippen molar-refractivity contribution in [2.75, 3.05) is 7.11 Å². The number of rotatable bonds is 1. The van der Waals surface area contributed by atoms with E-state index in [9.17, 15) is 0 Å². The van der Waals surface area contributed by atoms with Crippen molar-refractivity contribution in [2.45, 2.75) is 6.92 Å². The first-order valence-electron chi connectivity index (χ1n) is 4.07. The maximum atomic E-state index is 5.04. The van der Waals surface area contributed by atoms with E-state index in [1.807, 2.05) is 25.1 Å². The lowest BCUT2D eigenvalue weighted by molar-refractivity contribution is 0.399. The van der Waals surface area contributed by atoms with E-state index in [-0.39, 0.29) is 0 Å². The average molecular weight is 174 g/mol. The molecule has 2 rings (SSSR count). The Kier molecular flexibility index (Phi) is 1.85. The molecule has 0 aliphatic heterocycles. The second-order valence-corrected chi connectivity index (χ2v) is 2.85. The molecule has 0 atom stereocenters. The first-order chi connectivity index (χ1) is 6.31. The van der Waals surface area contributed by atoms with Gasteiger partial charge in [-0.2, -0.15) is 0 Å². The van der Waals surface area contributed by atoms with Gasteiger partial charge >= 0.3 is 0 Å². The van der Waals surface area contributed by atoms with Crippen LogP contribution >= 0.6 is 0 Å². The maximum Gasteiger partial charge on any atom is 0.213 e. The van der Waals surface area contributed by atoms with Crippen LogP contribution in [0.3, 0.4) is 0 Å². The quantitative estimate of drug-likeness (QED) is 0.662. The fraction of sp³-hybridized carbons (Fsp3) is 0.200. The van der Waals surface area contributed by atoms with Crippen LogP contribution in [-0.4, -0.2) is 17.1 Å². The Morgan fingerprint density at radius 3 is 2.85 bits per heavy atom. The molecule has 2 aromatic heterocycles. The van der Waals surface area contributed by atoms with E-state index >= 15 is 0 Å². The number of pyridine rings is 2. The lowest BCUT2D eigenvalue weighted by atomic mass is 10.2. The fourth-order valence-corrected chi connectivity index (χ4v) is 1.25. The van der Waals surface area contributed by atoms with Crippen molar-refractivity contribution in [2.24, 2.45) is 0 Å². The summed E-state index contributed by atoms with van der Waals surface area (Å²) in [7, 11) is 1.61. The van der Waals surface area contributed by atoms with Gasteiger partial charge in [-0.15, -0.1) is 0 Å². The van der Waals surface area contributed by atoms with Crippen molar-refractivity contribution in [1.82, 2.24) is 9.97 Å². The predicted molar refractivity (Wildman–Crippen MR) is 50.8 cm³/mol. The molecule has 0 aromatic carbocycles. The summed E-state index contributed by atoms with van der Waals surface area (Å²) in [5, 5.41) is 0. The van der Waals surface area contributed by atoms with Crippen molar-refractivity contribution >= 4 is 11.0 Å². The van der Waals surface area contributed by atoms with Gasteiger partial charge in [0.25, 0.3) is 0 Å². The van der Waals surface area contributed by atoms with Gasteiger partial charge in [-0.1, -0.05) is 0 Å². The van der Waals surface area contributed by atoms with E-state index in [2.05, 4.69) is 9.97 Å². The molecule has 0 N–H and O–H groups in total. The zero-order valence-electron chi connectivity index (χ0n) is 7.61. The van der Waals surface area contributed by atoms with Crippen molar-refractivity contribution in [3.05, 3.63) is 30.0 Å². The van der Waals surface area contributed by atoms with E-state index in [1.165, 1.54) is 0 Å². The summed E-state index contributed by atoms with van der Waals surface area (Å²) in [6.45, 7) is 2.01. The highest BCUT2D eigenvalue weighted by molar-refractivity contribution is 5.77. The highest BCUT2D eigenvalue weighted by atomic mass is 16.5. The van der Waals surface area contributed by atoms with Crippen molar-refractivity contribution in [1.29, 1.82) is 0 Å². The molecule has 0 saturated carbocycles. The van der Waals surface area contributed by atoms with E-state index in [1.54, 1.807) is 13.3 Å². The lowest BCUT2D eigenvalue weighted by Crippen LogP contribution is -1.90. The zero-order chi connectivity index (χ0) is 9.26. The fourth-order valence-electron chi connectivity index (χ4n) is 1.25. The Hall–Kier alpha value is -1.64. The molecule has 3 heteroatoms. The van der Waals surface area contributed by atoms with Gasteiger partial charge in [0.15, 0.2) is 0 Å². The Labute approximate surface area is 76.4 Å². The number of hydrogen-bond donors (Lipinski definition) is 0. The minimum absolute atomic E-state index is 0.628. The molecule has 0 aliphatic carbocycles. The molecule has 2 aromatic rings. The summed E-state index contributed by atoms with van der Waals surface area (Å²) in [6, 6.07) is 5.66. The number of aryl methyl sites for hydroxylation is 1. The minimum Gasteiger partial charge on any atom is -0.481 e. The van der Waals surface area contributed by atoms with E-state index < -0.39 is 0 Å². The van der Waals surface area contributed by atoms with Crippen LogP contribution in [0.15, 0.2) is 24.4 Å². The molecule has 2 heterocycles. The molecule has 66 valence electrons. The standard InChI is InChI=1S/C10H10N2O/c1-7-5-6-11-8-3-4-9(13-2)12-10(7)8/h3-6H,1-2H3. The topological polar surface area (TPSA) is 35.0 Å². The molecule has 0 radical (unpaired) electrons. The second-order valence-electron chi connectivity index (χ2n) is 2.85. The monoisotopic (exact) mass is 174 g/mol. The van der Waals surface area contributed by atoms with Crippen LogP contribution < -0.4 is 4.74 Å². The number of ether oxygens (including phenoxy) is 1. The molecule has 0 fully saturated rings. The summed E-state index contributed by atoms with van der Waals surface area (Å²) in [4.78, 5) is 8.51. The summed E-state index contributed by atoms with van der Waals surface area (Å²) in [5.41, 5.74) is 2.92. The van der Waals surface area contributed by atoms with Crippen molar-refractivity contribution < 1.29 is 4.74 Å². The third-order valence-corrected chi connectivity index (χ3v) is 1.97. The third-order valence-electron chi connectivity index (χ3n) is 1.97. The molecule has 0 saturated heterocycles. The van der Waals surface area contributed by atoms with Gasteiger partial charge in [-0.25, -0.2) is 4.98 Å². The molecule has 0 amide bonds. The molecule has 3 nitrogen and oxygen atoms in total. The molecular weight excluding hydrogens is 164 g/mol. The molecule has 0 spiro atoms. The first-order valence-corrected chi connectivity index (χ1v) is 4.07. The van der Waals surface area contributed by atoms with Gasteiger partial charge in [-0.3, -0.25) is 4.98 Å². The van der Waals surface area contributed by atoms with Gasteiger partial charge in [0.05, 0.1) is 18.1 Å². The van der Waals surface area contributed by atoms with Gasteiger partial charge in [0.2, 0.25) is 5.88 Å². The van der Waals surface area contributed by atoms with Crippen molar-refractivity contribution in [3.8, 4) is 5.88 Å². The minimum atomic E-state index is 0.628. The zero-order valence-corrected chi connectivity index (χ0v) is 7.61. The van der Waals surface area contributed by atoms with Crippen LogP contribution in [0.4, 0.5) is 0 Å². The van der Waals surface area contributed by atoms with Gasteiger partial charge in [0.1, 0.15) is 0 Å². The Bertz CT molecular complexity index is 440. The SMILES string of the molecule is COc1ccc2nccc(C)c2n1. The van der Waals surface area contributed by atoms with Gasteiger partial charge in [-0.05, 0) is 24.6 Å². The lowest BCUT2D eigenvalue weighted by Gasteiger charge is -2.02. The number of methoxy groups -OCH3 is 1. The highest BCUT2D eigenvalue weighted by Crippen LogP contribution is 2.16. The van der Waals surface area contributed by atoms with Crippen molar-refractivity contribution in [3.63, 3.8) is 0 Å². The number of hydrogen-bond acceptors (Lipinski definition) is 3. The van der Waals surface area contributed by atoms with Crippen LogP contribution in [0.25, 0.3) is 11.0 Å². The summed E-state index contributed by atoms with van der Waals surface area (Å²) < 4.78 is 5.04. The van der Waals surface area contributed by atoms with Crippen LogP contribution in [0, 0.1) is 6.92 Å². The highest BCUT2D eigenvalue weighted by Gasteiger charge is 2.00. The third kappa shape index (κ3) is 1.33. The second kappa shape index (κ2) is 3.01. The van der Waals surface area contributed by atoms with E-state index in [0.717, 1.165) is 16.6 Å². The largest absolute Gasteiger partial charge is 0.481 e. The normalized spacial score (nSPS) is 10.3. The summed E-state index contributed by atoms with van der Waals surface area (Å²) in [5.74, 6) is 0.628. The molecule has 0 aliphatic rings. The van der Waals surface area contributed by atoms with Crippen LogP contribution in [0.5, 0.6) is 5.88 Å². The smallest absolute Gasteiger partial charge is 0.213 e. The average Bonchev–Trinajstić information content (AvgIpc) is 2.18. The number of fused-ring (bicyclic) bond motifs is 1. The maximum absolute atomic E-state index is 5.04. The van der Waals surface area contributed by atoms with E-state index in [0.29, 0.717) is 5.88 Å². The van der Waals surface area contributed by atoms with Gasteiger partial charge < -0.3 is 4.74 Å². The summed E-state index contributed by atoms with van der Waals surface area (Å²) in [6.07, 6.45) is 1.78. The summed E-state index contributed by atoms with van der Waals surface area (Å²) >= 11 is 0. The molecular formula is C10H10N2O. The predicted octanol–water partition coefficient (Wildman–Crippen LogP) is 1.95. The molecule has 13 heavy (non-hydrogen) atoms. The van der Waals surface area contributed by atoms with Gasteiger partial charge in [0, 0.05) is 12.3 Å².